The number of carbonyl (C=O) groups excluding carboxylic acids is 1. The maximum Gasteiger partial charge on any atom is 0.331 e. The van der Waals surface area contributed by atoms with Gasteiger partial charge in [-0.1, -0.05) is 12.1 Å². The summed E-state index contributed by atoms with van der Waals surface area (Å²) < 4.78 is 5.06. The zero-order chi connectivity index (χ0) is 13.9. The van der Waals surface area contributed by atoms with Crippen molar-refractivity contribution in [2.24, 2.45) is 0 Å². The smallest absolute Gasteiger partial charge is 0.331 e. The van der Waals surface area contributed by atoms with E-state index in [0.717, 1.165) is 0 Å². The van der Waals surface area contributed by atoms with Crippen LogP contribution >= 0.6 is 0 Å². The summed E-state index contributed by atoms with van der Waals surface area (Å²) in [6, 6.07) is 6.30. The number of benzene rings is 1. The third-order valence-corrected chi connectivity index (χ3v) is 3.08. The van der Waals surface area contributed by atoms with Gasteiger partial charge in [0.05, 0.1) is 13.0 Å². The Hall–Kier alpha value is -2.08. The summed E-state index contributed by atoms with van der Waals surface area (Å²) in [4.78, 5) is 23.1. The quantitative estimate of drug-likeness (QED) is 0.727. The topological polar surface area (TPSA) is 95.9 Å². The first-order valence-electron chi connectivity index (χ1n) is 5.92. The molecule has 1 amide bonds. The highest BCUT2D eigenvalue weighted by atomic mass is 16.5. The Morgan fingerprint density at radius 1 is 1.42 bits per heavy atom. The molecule has 0 radical (unpaired) electrons. The van der Waals surface area contributed by atoms with Crippen LogP contribution in [0.4, 0.5) is 0 Å². The molecule has 1 saturated heterocycles. The standard InChI is InChI=1S/C13H15NO5/c15-10-3-1-2-9(6-10)7-11(16)14-13(12(17)18)4-5-19-8-13/h1-3,6,15H,4-5,7-8H2,(H,14,16)(H,17,18). The lowest BCUT2D eigenvalue weighted by atomic mass is 9.98. The molecule has 1 aliphatic heterocycles. The normalized spacial score (nSPS) is 22.1. The molecule has 2 rings (SSSR count). The Morgan fingerprint density at radius 2 is 2.21 bits per heavy atom. The zero-order valence-corrected chi connectivity index (χ0v) is 10.3. The maximum absolute atomic E-state index is 11.9. The van der Waals surface area contributed by atoms with Crippen molar-refractivity contribution in [1.82, 2.24) is 5.32 Å². The summed E-state index contributed by atoms with van der Waals surface area (Å²) in [5.74, 6) is -1.42. The third kappa shape index (κ3) is 3.03. The fraction of sp³-hybridized carbons (Fsp3) is 0.385. The Labute approximate surface area is 110 Å². The number of hydrogen-bond donors (Lipinski definition) is 3. The van der Waals surface area contributed by atoms with Gasteiger partial charge in [-0.05, 0) is 17.7 Å². The Morgan fingerprint density at radius 3 is 2.79 bits per heavy atom. The van der Waals surface area contributed by atoms with Crippen molar-refractivity contribution in [1.29, 1.82) is 0 Å². The summed E-state index contributed by atoms with van der Waals surface area (Å²) in [6.07, 6.45) is 0.275. The van der Waals surface area contributed by atoms with E-state index in [4.69, 9.17) is 4.74 Å². The van der Waals surface area contributed by atoms with Crippen LogP contribution < -0.4 is 5.32 Å². The number of nitrogens with one attached hydrogen (secondary N) is 1. The van der Waals surface area contributed by atoms with Gasteiger partial charge in [0.2, 0.25) is 5.91 Å². The molecule has 1 atom stereocenters. The number of phenols is 1. The summed E-state index contributed by atoms with van der Waals surface area (Å²) in [5.41, 5.74) is -0.703. The van der Waals surface area contributed by atoms with Crippen molar-refractivity contribution in [3.05, 3.63) is 29.8 Å². The molecule has 1 aliphatic rings. The van der Waals surface area contributed by atoms with E-state index in [2.05, 4.69) is 5.32 Å². The number of amides is 1. The molecule has 3 N–H and O–H groups in total. The number of ether oxygens (including phenoxy) is 1. The second-order valence-electron chi connectivity index (χ2n) is 4.58. The Kier molecular flexibility index (Phi) is 3.71. The number of phenolic OH excluding ortho intramolecular Hbond substituents is 1. The minimum atomic E-state index is -1.33. The van der Waals surface area contributed by atoms with Crippen molar-refractivity contribution in [3.8, 4) is 5.75 Å². The lowest BCUT2D eigenvalue weighted by Crippen LogP contribution is -2.55. The van der Waals surface area contributed by atoms with Crippen LogP contribution in [0.3, 0.4) is 0 Å². The molecule has 1 aromatic carbocycles. The van der Waals surface area contributed by atoms with Gasteiger partial charge in [-0.15, -0.1) is 0 Å². The summed E-state index contributed by atoms with van der Waals surface area (Å²) >= 11 is 0. The maximum atomic E-state index is 11.9. The monoisotopic (exact) mass is 265 g/mol. The molecule has 6 heteroatoms. The highest BCUT2D eigenvalue weighted by Crippen LogP contribution is 2.19. The average Bonchev–Trinajstić information content (AvgIpc) is 2.78. The Balaban J connectivity index is 2.02. The lowest BCUT2D eigenvalue weighted by Gasteiger charge is -2.23. The number of rotatable bonds is 4. The first-order chi connectivity index (χ1) is 9.02. The summed E-state index contributed by atoms with van der Waals surface area (Å²) in [6.45, 7) is 0.298. The van der Waals surface area contributed by atoms with Crippen molar-refractivity contribution in [2.45, 2.75) is 18.4 Å². The molecule has 0 aliphatic carbocycles. The van der Waals surface area contributed by atoms with Gasteiger partial charge in [0, 0.05) is 13.0 Å². The SMILES string of the molecule is O=C(Cc1cccc(O)c1)NC1(C(=O)O)CCOC1. The minimum absolute atomic E-state index is 0.0173. The molecule has 102 valence electrons. The van der Waals surface area contributed by atoms with E-state index in [0.29, 0.717) is 12.2 Å². The zero-order valence-electron chi connectivity index (χ0n) is 10.3. The number of hydrogen-bond acceptors (Lipinski definition) is 4. The lowest BCUT2D eigenvalue weighted by molar-refractivity contribution is -0.147. The van der Waals surface area contributed by atoms with Crippen molar-refractivity contribution in [2.75, 3.05) is 13.2 Å². The van der Waals surface area contributed by atoms with Gasteiger partial charge >= 0.3 is 5.97 Å². The van der Waals surface area contributed by atoms with Crippen LogP contribution in [0.15, 0.2) is 24.3 Å². The fourth-order valence-electron chi connectivity index (χ4n) is 2.05. The highest BCUT2D eigenvalue weighted by Gasteiger charge is 2.43. The van der Waals surface area contributed by atoms with Gasteiger partial charge in [-0.25, -0.2) is 4.79 Å². The van der Waals surface area contributed by atoms with E-state index in [1.54, 1.807) is 12.1 Å². The van der Waals surface area contributed by atoms with Crippen LogP contribution in [0.1, 0.15) is 12.0 Å². The van der Waals surface area contributed by atoms with E-state index < -0.39 is 17.4 Å². The molecule has 1 heterocycles. The highest BCUT2D eigenvalue weighted by molar-refractivity contribution is 5.88. The van der Waals surface area contributed by atoms with E-state index in [1.165, 1.54) is 12.1 Å². The summed E-state index contributed by atoms with van der Waals surface area (Å²) in [5, 5.41) is 21.0. The van der Waals surface area contributed by atoms with Crippen LogP contribution in [-0.4, -0.2) is 40.8 Å². The molecule has 19 heavy (non-hydrogen) atoms. The predicted molar refractivity (Wildman–Crippen MR) is 65.8 cm³/mol. The molecule has 0 saturated carbocycles. The molecular formula is C13H15NO5. The molecular weight excluding hydrogens is 250 g/mol. The first kappa shape index (κ1) is 13.4. The molecule has 1 aromatic rings. The van der Waals surface area contributed by atoms with Crippen LogP contribution in [-0.2, 0) is 20.7 Å². The molecule has 0 aromatic heterocycles. The van der Waals surface area contributed by atoms with Gasteiger partial charge in [-0.2, -0.15) is 0 Å². The van der Waals surface area contributed by atoms with E-state index in [-0.39, 0.29) is 25.2 Å². The third-order valence-electron chi connectivity index (χ3n) is 3.08. The van der Waals surface area contributed by atoms with Gasteiger partial charge in [0.15, 0.2) is 5.54 Å². The Bertz CT molecular complexity index is 494. The summed E-state index contributed by atoms with van der Waals surface area (Å²) in [7, 11) is 0. The van der Waals surface area contributed by atoms with Gasteiger partial charge in [0.1, 0.15) is 5.75 Å². The number of aromatic hydroxyl groups is 1. The van der Waals surface area contributed by atoms with Gasteiger partial charge in [-0.3, -0.25) is 4.79 Å². The second-order valence-corrected chi connectivity index (χ2v) is 4.58. The number of carbonyl (C=O) groups is 2. The second kappa shape index (κ2) is 5.27. The molecule has 0 bridgehead atoms. The molecule has 1 fully saturated rings. The predicted octanol–water partition coefficient (Wildman–Crippen LogP) is 0.295. The van der Waals surface area contributed by atoms with Gasteiger partial charge in [0.25, 0.3) is 0 Å². The molecule has 0 spiro atoms. The number of carboxylic acids is 1. The number of aliphatic carboxylic acids is 1. The molecule has 1 unspecified atom stereocenters. The van der Waals surface area contributed by atoms with E-state index in [1.807, 2.05) is 0 Å². The van der Waals surface area contributed by atoms with Crippen molar-refractivity contribution in [3.63, 3.8) is 0 Å². The van der Waals surface area contributed by atoms with Crippen molar-refractivity contribution < 1.29 is 24.5 Å². The largest absolute Gasteiger partial charge is 0.508 e. The van der Waals surface area contributed by atoms with Crippen LogP contribution in [0.2, 0.25) is 0 Å². The minimum Gasteiger partial charge on any atom is -0.508 e. The van der Waals surface area contributed by atoms with Crippen LogP contribution in [0.5, 0.6) is 5.75 Å². The van der Waals surface area contributed by atoms with Crippen LogP contribution in [0, 0.1) is 0 Å². The van der Waals surface area contributed by atoms with E-state index in [9.17, 15) is 19.8 Å². The average molecular weight is 265 g/mol. The van der Waals surface area contributed by atoms with Gasteiger partial charge < -0.3 is 20.3 Å². The molecule has 6 nitrogen and oxygen atoms in total. The number of carboxylic acid groups (broad SMARTS) is 1. The fourth-order valence-corrected chi connectivity index (χ4v) is 2.05. The van der Waals surface area contributed by atoms with Crippen LogP contribution in [0.25, 0.3) is 0 Å². The first-order valence-corrected chi connectivity index (χ1v) is 5.92. The van der Waals surface area contributed by atoms with E-state index >= 15 is 0 Å². The van der Waals surface area contributed by atoms with Crippen molar-refractivity contribution >= 4 is 11.9 Å².